The summed E-state index contributed by atoms with van der Waals surface area (Å²) in [6.45, 7) is 14.3. The topological polar surface area (TPSA) is 15.3 Å². The molecule has 1 N–H and O–H groups in total. The summed E-state index contributed by atoms with van der Waals surface area (Å²) in [6.07, 6.45) is 4.07. The summed E-state index contributed by atoms with van der Waals surface area (Å²) in [6, 6.07) is 0.699. The van der Waals surface area contributed by atoms with E-state index in [0.29, 0.717) is 6.04 Å². The summed E-state index contributed by atoms with van der Waals surface area (Å²) in [5, 5.41) is 3.51. The van der Waals surface area contributed by atoms with Gasteiger partial charge in [0.2, 0.25) is 0 Å². The van der Waals surface area contributed by atoms with E-state index in [0.717, 1.165) is 11.8 Å². The zero-order chi connectivity index (χ0) is 12.0. The smallest absolute Gasteiger partial charge is 0.00387 e. The van der Waals surface area contributed by atoms with Crippen LogP contribution in [0.25, 0.3) is 0 Å². The molecule has 1 aliphatic rings. The average molecular weight is 226 g/mol. The van der Waals surface area contributed by atoms with E-state index < -0.39 is 0 Å². The van der Waals surface area contributed by atoms with Crippen LogP contribution < -0.4 is 5.32 Å². The quantitative estimate of drug-likeness (QED) is 0.672. The second kappa shape index (κ2) is 7.29. The van der Waals surface area contributed by atoms with Crippen LogP contribution in [0.1, 0.15) is 47.0 Å². The zero-order valence-electron chi connectivity index (χ0n) is 11.6. The number of nitrogens with one attached hydrogen (secondary N) is 1. The molecule has 2 nitrogen and oxygen atoms in total. The number of nitrogens with zero attached hydrogens (tertiary/aromatic N) is 1. The van der Waals surface area contributed by atoms with Crippen molar-refractivity contribution in [2.75, 3.05) is 26.2 Å². The van der Waals surface area contributed by atoms with Gasteiger partial charge in [-0.2, -0.15) is 0 Å². The highest BCUT2D eigenvalue weighted by atomic mass is 15.2. The van der Waals surface area contributed by atoms with Gasteiger partial charge in [0, 0.05) is 12.6 Å². The van der Waals surface area contributed by atoms with Crippen molar-refractivity contribution in [2.45, 2.75) is 53.0 Å². The molecule has 16 heavy (non-hydrogen) atoms. The van der Waals surface area contributed by atoms with Crippen molar-refractivity contribution in [3.63, 3.8) is 0 Å². The first-order valence-corrected chi connectivity index (χ1v) is 7.09. The third kappa shape index (κ3) is 4.42. The first-order chi connectivity index (χ1) is 7.65. The number of hydrogen-bond donors (Lipinski definition) is 1. The van der Waals surface area contributed by atoms with Crippen molar-refractivity contribution in [1.29, 1.82) is 0 Å². The fourth-order valence-corrected chi connectivity index (χ4v) is 2.54. The Labute approximate surface area is 102 Å². The highest BCUT2D eigenvalue weighted by Gasteiger charge is 2.25. The minimum Gasteiger partial charge on any atom is -0.316 e. The first kappa shape index (κ1) is 14.0. The van der Waals surface area contributed by atoms with E-state index in [9.17, 15) is 0 Å². The molecule has 96 valence electrons. The third-order valence-electron chi connectivity index (χ3n) is 3.93. The number of hydrogen-bond acceptors (Lipinski definition) is 2. The Morgan fingerprint density at radius 2 is 2.00 bits per heavy atom. The lowest BCUT2D eigenvalue weighted by Gasteiger charge is -2.30. The van der Waals surface area contributed by atoms with Crippen LogP contribution in [-0.4, -0.2) is 37.1 Å². The molecular formula is C14H30N2. The van der Waals surface area contributed by atoms with Crippen LogP contribution in [0.4, 0.5) is 0 Å². The molecule has 2 heteroatoms. The van der Waals surface area contributed by atoms with Crippen LogP contribution in [0.2, 0.25) is 0 Å². The maximum Gasteiger partial charge on any atom is 0.00387 e. The Bertz CT molecular complexity index is 180. The summed E-state index contributed by atoms with van der Waals surface area (Å²) in [7, 11) is 0. The van der Waals surface area contributed by atoms with Crippen molar-refractivity contribution < 1.29 is 0 Å². The highest BCUT2D eigenvalue weighted by molar-refractivity contribution is 4.81. The summed E-state index contributed by atoms with van der Waals surface area (Å²) in [5.74, 6) is 1.72. The Balaban J connectivity index is 2.32. The van der Waals surface area contributed by atoms with Crippen LogP contribution in [0.3, 0.4) is 0 Å². The van der Waals surface area contributed by atoms with E-state index in [4.69, 9.17) is 0 Å². The van der Waals surface area contributed by atoms with Crippen LogP contribution in [0.5, 0.6) is 0 Å². The maximum absolute atomic E-state index is 3.51. The lowest BCUT2D eigenvalue weighted by molar-refractivity contribution is 0.175. The molecule has 1 rings (SSSR count). The van der Waals surface area contributed by atoms with E-state index in [2.05, 4.69) is 37.9 Å². The molecule has 2 atom stereocenters. The van der Waals surface area contributed by atoms with Gasteiger partial charge in [0.15, 0.2) is 0 Å². The second-order valence-corrected chi connectivity index (χ2v) is 5.69. The predicted octanol–water partition coefficient (Wildman–Crippen LogP) is 2.74. The van der Waals surface area contributed by atoms with Crippen molar-refractivity contribution in [2.24, 2.45) is 11.8 Å². The third-order valence-corrected chi connectivity index (χ3v) is 3.93. The second-order valence-electron chi connectivity index (χ2n) is 5.69. The largest absolute Gasteiger partial charge is 0.316 e. The van der Waals surface area contributed by atoms with E-state index >= 15 is 0 Å². The van der Waals surface area contributed by atoms with Crippen LogP contribution in [0, 0.1) is 11.8 Å². The van der Waals surface area contributed by atoms with Crippen LogP contribution in [-0.2, 0) is 0 Å². The Morgan fingerprint density at radius 1 is 1.25 bits per heavy atom. The molecular weight excluding hydrogens is 196 g/mol. The molecule has 0 saturated carbocycles. The lowest BCUT2D eigenvalue weighted by atomic mass is 9.97. The minimum atomic E-state index is 0.699. The monoisotopic (exact) mass is 226 g/mol. The van der Waals surface area contributed by atoms with Crippen molar-refractivity contribution >= 4 is 0 Å². The molecule has 0 spiro atoms. The lowest BCUT2D eigenvalue weighted by Crippen LogP contribution is -2.38. The molecule has 1 fully saturated rings. The van der Waals surface area contributed by atoms with Gasteiger partial charge in [-0.1, -0.05) is 26.7 Å². The molecule has 1 heterocycles. The van der Waals surface area contributed by atoms with E-state index in [1.807, 2.05) is 0 Å². The predicted molar refractivity (Wildman–Crippen MR) is 71.8 cm³/mol. The molecule has 0 bridgehead atoms. The Kier molecular flexibility index (Phi) is 6.37. The van der Waals surface area contributed by atoms with Gasteiger partial charge >= 0.3 is 0 Å². The first-order valence-electron chi connectivity index (χ1n) is 7.09. The molecule has 0 aromatic carbocycles. The van der Waals surface area contributed by atoms with Crippen LogP contribution >= 0.6 is 0 Å². The van der Waals surface area contributed by atoms with Crippen LogP contribution in [0.15, 0.2) is 0 Å². The molecule has 0 amide bonds. The fraction of sp³-hybridized carbons (Fsp3) is 1.00. The highest BCUT2D eigenvalue weighted by Crippen LogP contribution is 2.18. The van der Waals surface area contributed by atoms with Crippen molar-refractivity contribution in [1.82, 2.24) is 10.2 Å². The van der Waals surface area contributed by atoms with Gasteiger partial charge < -0.3 is 10.2 Å². The molecule has 0 unspecified atom stereocenters. The normalized spacial score (nSPS) is 25.9. The molecule has 1 saturated heterocycles. The van der Waals surface area contributed by atoms with Crippen molar-refractivity contribution in [3.05, 3.63) is 0 Å². The van der Waals surface area contributed by atoms with Crippen molar-refractivity contribution in [3.8, 4) is 0 Å². The van der Waals surface area contributed by atoms with E-state index in [1.165, 1.54) is 45.4 Å². The summed E-state index contributed by atoms with van der Waals surface area (Å²) < 4.78 is 0. The fourth-order valence-electron chi connectivity index (χ4n) is 2.54. The Hall–Kier alpha value is -0.0800. The molecule has 1 aliphatic heterocycles. The number of rotatable bonds is 7. The van der Waals surface area contributed by atoms with Gasteiger partial charge in [-0.25, -0.2) is 0 Å². The summed E-state index contributed by atoms with van der Waals surface area (Å²) in [5.41, 5.74) is 0. The average Bonchev–Trinajstić information content (AvgIpc) is 2.63. The van der Waals surface area contributed by atoms with Gasteiger partial charge in [0.1, 0.15) is 0 Å². The maximum atomic E-state index is 3.51. The van der Waals surface area contributed by atoms with E-state index in [1.54, 1.807) is 0 Å². The molecule has 0 aromatic heterocycles. The SMILES string of the molecule is CCCCCN(C[C@@H]1CNC[C@H]1C)C(C)C. The minimum absolute atomic E-state index is 0.699. The van der Waals surface area contributed by atoms with Gasteiger partial charge in [-0.05, 0) is 51.7 Å². The molecule has 0 aromatic rings. The zero-order valence-corrected chi connectivity index (χ0v) is 11.6. The standard InChI is InChI=1S/C14H30N2/c1-5-6-7-8-16(12(2)3)11-14-10-15-9-13(14)4/h12-15H,5-11H2,1-4H3/t13-,14+/m1/s1. The van der Waals surface area contributed by atoms with E-state index in [-0.39, 0.29) is 0 Å². The van der Waals surface area contributed by atoms with Gasteiger partial charge in [-0.15, -0.1) is 0 Å². The van der Waals surface area contributed by atoms with Gasteiger partial charge in [0.05, 0.1) is 0 Å². The summed E-state index contributed by atoms with van der Waals surface area (Å²) >= 11 is 0. The number of unbranched alkanes of at least 4 members (excludes halogenated alkanes) is 2. The van der Waals surface area contributed by atoms with Gasteiger partial charge in [0.25, 0.3) is 0 Å². The summed E-state index contributed by atoms with van der Waals surface area (Å²) in [4.78, 5) is 2.67. The molecule has 0 radical (unpaired) electrons. The van der Waals surface area contributed by atoms with Gasteiger partial charge in [-0.3, -0.25) is 0 Å². The molecule has 0 aliphatic carbocycles. The Morgan fingerprint density at radius 3 is 2.50 bits per heavy atom.